The summed E-state index contributed by atoms with van der Waals surface area (Å²) in [4.78, 5) is 0. The zero-order valence-electron chi connectivity index (χ0n) is 11.7. The predicted molar refractivity (Wildman–Crippen MR) is 90.3 cm³/mol. The Morgan fingerprint density at radius 2 is 1.65 bits per heavy atom. The van der Waals surface area contributed by atoms with Gasteiger partial charge in [0.25, 0.3) is 0 Å². The van der Waals surface area contributed by atoms with Crippen LogP contribution in [0.2, 0.25) is 5.02 Å². The molecule has 2 aromatic rings. The van der Waals surface area contributed by atoms with Crippen LogP contribution in [0.4, 0.5) is 0 Å². The molecule has 0 amide bonds. The van der Waals surface area contributed by atoms with Crippen molar-refractivity contribution >= 4 is 27.5 Å². The Kier molecular flexibility index (Phi) is 5.25. The minimum Gasteiger partial charge on any atom is -0.324 e. The molecule has 2 N–H and O–H groups in total. The van der Waals surface area contributed by atoms with E-state index in [0.29, 0.717) is 10.9 Å². The Morgan fingerprint density at radius 3 is 2.20 bits per heavy atom. The summed E-state index contributed by atoms with van der Waals surface area (Å²) in [6, 6.07) is 14.5. The molecule has 1 nitrogen and oxygen atoms in total. The van der Waals surface area contributed by atoms with Gasteiger partial charge in [-0.2, -0.15) is 0 Å². The lowest BCUT2D eigenvalue weighted by molar-refractivity contribution is 0.720. The molecule has 1 unspecified atom stereocenters. The first kappa shape index (κ1) is 15.6. The fourth-order valence-corrected chi connectivity index (χ4v) is 2.67. The highest BCUT2D eigenvalue weighted by Crippen LogP contribution is 2.27. The molecule has 2 rings (SSSR count). The fraction of sp³-hybridized carbons (Fsp3) is 0.294. The number of benzene rings is 2. The summed E-state index contributed by atoms with van der Waals surface area (Å²) in [5.74, 6) is 0.560. The van der Waals surface area contributed by atoms with Crippen molar-refractivity contribution in [3.05, 3.63) is 68.7 Å². The number of hydrogen-bond acceptors (Lipinski definition) is 1. The van der Waals surface area contributed by atoms with Crippen molar-refractivity contribution in [3.63, 3.8) is 0 Å². The average Bonchev–Trinajstić information content (AvgIpc) is 2.42. The van der Waals surface area contributed by atoms with Crippen LogP contribution in [-0.2, 0) is 6.42 Å². The van der Waals surface area contributed by atoms with Gasteiger partial charge in [0.05, 0.1) is 5.02 Å². The van der Waals surface area contributed by atoms with Crippen molar-refractivity contribution in [2.24, 2.45) is 5.73 Å². The van der Waals surface area contributed by atoms with Gasteiger partial charge < -0.3 is 5.73 Å². The molecule has 0 saturated heterocycles. The number of rotatable bonds is 4. The molecule has 0 saturated carbocycles. The molecule has 0 spiro atoms. The maximum atomic E-state index is 6.28. The van der Waals surface area contributed by atoms with Gasteiger partial charge in [-0.1, -0.05) is 55.8 Å². The lowest BCUT2D eigenvalue weighted by atomic mass is 9.96. The molecule has 0 fully saturated rings. The van der Waals surface area contributed by atoms with Gasteiger partial charge in [0.15, 0.2) is 0 Å². The second-order valence-corrected chi connectivity index (χ2v) is 6.64. The zero-order chi connectivity index (χ0) is 14.7. The summed E-state index contributed by atoms with van der Waals surface area (Å²) < 4.78 is 0.891. The second-order valence-electron chi connectivity index (χ2n) is 5.38. The third kappa shape index (κ3) is 3.85. The van der Waals surface area contributed by atoms with Crippen molar-refractivity contribution in [2.45, 2.75) is 32.2 Å². The third-order valence-electron chi connectivity index (χ3n) is 3.47. The van der Waals surface area contributed by atoms with E-state index in [1.165, 1.54) is 11.1 Å². The van der Waals surface area contributed by atoms with Gasteiger partial charge in [-0.05, 0) is 57.1 Å². The van der Waals surface area contributed by atoms with Crippen LogP contribution < -0.4 is 5.73 Å². The summed E-state index contributed by atoms with van der Waals surface area (Å²) in [5, 5.41) is 0.710. The molecule has 20 heavy (non-hydrogen) atoms. The van der Waals surface area contributed by atoms with E-state index in [2.05, 4.69) is 54.0 Å². The Balaban J connectivity index is 2.10. The Morgan fingerprint density at radius 1 is 1.05 bits per heavy atom. The average molecular weight is 353 g/mol. The summed E-state index contributed by atoms with van der Waals surface area (Å²) in [6.07, 6.45) is 0.826. The van der Waals surface area contributed by atoms with E-state index in [4.69, 9.17) is 17.3 Å². The molecule has 1 atom stereocenters. The largest absolute Gasteiger partial charge is 0.324 e. The fourth-order valence-electron chi connectivity index (χ4n) is 2.15. The molecule has 0 aliphatic carbocycles. The summed E-state index contributed by atoms with van der Waals surface area (Å²) >= 11 is 9.44. The maximum Gasteiger partial charge on any atom is 0.0548 e. The molecule has 0 heterocycles. The van der Waals surface area contributed by atoms with E-state index in [0.717, 1.165) is 16.5 Å². The molecule has 2 aromatic carbocycles. The van der Waals surface area contributed by atoms with Gasteiger partial charge in [-0.25, -0.2) is 0 Å². The van der Waals surface area contributed by atoms with Crippen LogP contribution in [0.3, 0.4) is 0 Å². The van der Waals surface area contributed by atoms with Crippen LogP contribution >= 0.6 is 27.5 Å². The molecule has 0 aliphatic rings. The van der Waals surface area contributed by atoms with E-state index in [9.17, 15) is 0 Å². The van der Waals surface area contributed by atoms with Crippen LogP contribution in [0, 0.1) is 0 Å². The van der Waals surface area contributed by atoms with E-state index in [-0.39, 0.29) is 6.04 Å². The molecule has 3 heteroatoms. The Labute approximate surface area is 134 Å². The number of hydrogen-bond donors (Lipinski definition) is 1. The van der Waals surface area contributed by atoms with E-state index < -0.39 is 0 Å². The van der Waals surface area contributed by atoms with Crippen LogP contribution in [0.1, 0.15) is 42.5 Å². The zero-order valence-corrected chi connectivity index (χ0v) is 14.1. The normalized spacial score (nSPS) is 12.7. The summed E-state index contributed by atoms with van der Waals surface area (Å²) in [7, 11) is 0. The summed E-state index contributed by atoms with van der Waals surface area (Å²) in [5.41, 5.74) is 9.99. The minimum absolute atomic E-state index is 0.0199. The van der Waals surface area contributed by atoms with Crippen LogP contribution in [-0.4, -0.2) is 0 Å². The monoisotopic (exact) mass is 351 g/mol. The van der Waals surface area contributed by atoms with Crippen molar-refractivity contribution in [2.75, 3.05) is 0 Å². The SMILES string of the molecule is CC(C)c1ccc(CC(N)c2ccc(Cl)c(Br)c2)cc1. The van der Waals surface area contributed by atoms with E-state index >= 15 is 0 Å². The van der Waals surface area contributed by atoms with Gasteiger partial charge in [0.2, 0.25) is 0 Å². The minimum atomic E-state index is -0.0199. The molecular formula is C17H19BrClN. The topological polar surface area (TPSA) is 26.0 Å². The van der Waals surface area contributed by atoms with Gasteiger partial charge in [0, 0.05) is 10.5 Å². The van der Waals surface area contributed by atoms with Crippen molar-refractivity contribution in [3.8, 4) is 0 Å². The standard InChI is InChI=1S/C17H19BrClN/c1-11(2)13-5-3-12(4-6-13)9-17(20)14-7-8-16(19)15(18)10-14/h3-8,10-11,17H,9,20H2,1-2H3. The van der Waals surface area contributed by atoms with Gasteiger partial charge in [-0.15, -0.1) is 0 Å². The van der Waals surface area contributed by atoms with Crippen LogP contribution in [0.5, 0.6) is 0 Å². The number of nitrogens with two attached hydrogens (primary N) is 1. The van der Waals surface area contributed by atoms with Crippen molar-refractivity contribution in [1.82, 2.24) is 0 Å². The first-order valence-electron chi connectivity index (χ1n) is 6.76. The van der Waals surface area contributed by atoms with E-state index in [1.54, 1.807) is 0 Å². The van der Waals surface area contributed by atoms with Crippen LogP contribution in [0.15, 0.2) is 46.9 Å². The van der Waals surface area contributed by atoms with Crippen molar-refractivity contribution < 1.29 is 0 Å². The van der Waals surface area contributed by atoms with Gasteiger partial charge in [-0.3, -0.25) is 0 Å². The van der Waals surface area contributed by atoms with Crippen LogP contribution in [0.25, 0.3) is 0 Å². The lowest BCUT2D eigenvalue weighted by Gasteiger charge is -2.14. The van der Waals surface area contributed by atoms with Crippen molar-refractivity contribution in [1.29, 1.82) is 0 Å². The molecule has 0 aromatic heterocycles. The quantitative estimate of drug-likeness (QED) is 0.776. The first-order chi connectivity index (χ1) is 9.47. The van der Waals surface area contributed by atoms with E-state index in [1.807, 2.05) is 18.2 Å². The predicted octanol–water partition coefficient (Wildman–Crippen LogP) is 5.47. The first-order valence-corrected chi connectivity index (χ1v) is 7.94. The molecule has 0 bridgehead atoms. The van der Waals surface area contributed by atoms with Gasteiger partial charge >= 0.3 is 0 Å². The Hall–Kier alpha value is -0.830. The van der Waals surface area contributed by atoms with Gasteiger partial charge in [0.1, 0.15) is 0 Å². The highest BCUT2D eigenvalue weighted by Gasteiger charge is 2.09. The molecular weight excluding hydrogens is 334 g/mol. The highest BCUT2D eigenvalue weighted by atomic mass is 79.9. The second kappa shape index (κ2) is 6.75. The number of halogens is 2. The highest BCUT2D eigenvalue weighted by molar-refractivity contribution is 9.10. The summed E-state index contributed by atoms with van der Waals surface area (Å²) in [6.45, 7) is 4.40. The smallest absolute Gasteiger partial charge is 0.0548 e. The Bertz CT molecular complexity index is 578. The molecule has 0 radical (unpaired) electrons. The lowest BCUT2D eigenvalue weighted by Crippen LogP contribution is -2.13. The molecule has 106 valence electrons. The maximum absolute atomic E-state index is 6.28. The molecule has 0 aliphatic heterocycles. The third-order valence-corrected chi connectivity index (χ3v) is 4.69.